The zero-order valence-electron chi connectivity index (χ0n) is 9.35. The smallest absolute Gasteiger partial charge is 0.329 e. The minimum absolute atomic E-state index is 0.00380. The number of non-ortho nitro benzene ring substituents is 1. The summed E-state index contributed by atoms with van der Waals surface area (Å²) in [6.07, 6.45) is 0. The van der Waals surface area contributed by atoms with Gasteiger partial charge in [-0.3, -0.25) is 10.1 Å². The molecular formula is C13H9N3O2. The van der Waals surface area contributed by atoms with Crippen LogP contribution in [0.4, 0.5) is 5.69 Å². The molecule has 0 spiro atoms. The monoisotopic (exact) mass is 239 g/mol. The zero-order valence-corrected chi connectivity index (χ0v) is 9.35. The van der Waals surface area contributed by atoms with Crippen molar-refractivity contribution in [2.45, 2.75) is 0 Å². The third-order valence-electron chi connectivity index (χ3n) is 2.50. The fraction of sp³-hybridized carbons (Fsp3) is 0. The summed E-state index contributed by atoms with van der Waals surface area (Å²) < 4.78 is 0. The van der Waals surface area contributed by atoms with Gasteiger partial charge in [0.05, 0.1) is 16.1 Å². The lowest BCUT2D eigenvalue weighted by atomic mass is 10.0. The molecule has 0 heterocycles. The van der Waals surface area contributed by atoms with E-state index in [1.807, 2.05) is 18.2 Å². The standard InChI is InChI=1S/C13H9N3O2/c14-15-13(10-4-2-1-3-5-10)11-6-8-12(9-7-11)16(17)18/h1-9H. The van der Waals surface area contributed by atoms with Crippen molar-refractivity contribution in [2.24, 2.45) is 0 Å². The molecule has 0 fully saturated rings. The van der Waals surface area contributed by atoms with E-state index in [-0.39, 0.29) is 5.69 Å². The molecule has 2 rings (SSSR count). The second kappa shape index (κ2) is 5.03. The van der Waals surface area contributed by atoms with Crippen LogP contribution in [0.15, 0.2) is 54.6 Å². The van der Waals surface area contributed by atoms with E-state index in [9.17, 15) is 10.1 Å². The van der Waals surface area contributed by atoms with E-state index >= 15 is 0 Å². The molecule has 5 heteroatoms. The Morgan fingerprint density at radius 1 is 1.00 bits per heavy atom. The molecular weight excluding hydrogens is 230 g/mol. The summed E-state index contributed by atoms with van der Waals surface area (Å²) in [5, 5.41) is 10.5. The maximum absolute atomic E-state index is 10.5. The number of rotatable bonds is 3. The number of hydrogen-bond donors (Lipinski definition) is 0. The first-order chi connectivity index (χ1) is 8.72. The van der Waals surface area contributed by atoms with Gasteiger partial charge in [-0.15, -0.1) is 0 Å². The third kappa shape index (κ3) is 2.31. The molecule has 5 nitrogen and oxygen atoms in total. The van der Waals surface area contributed by atoms with Gasteiger partial charge in [-0.05, 0) is 24.3 Å². The molecule has 0 bridgehead atoms. The molecule has 0 saturated heterocycles. The largest absolute Gasteiger partial charge is 0.361 e. The molecule has 0 aliphatic rings. The van der Waals surface area contributed by atoms with Gasteiger partial charge in [-0.1, -0.05) is 18.2 Å². The van der Waals surface area contributed by atoms with Crippen LogP contribution in [0.1, 0.15) is 11.1 Å². The van der Waals surface area contributed by atoms with Gasteiger partial charge in [0.25, 0.3) is 5.69 Å². The summed E-state index contributed by atoms with van der Waals surface area (Å²) in [6, 6.07) is 15.0. The van der Waals surface area contributed by atoms with Gasteiger partial charge in [-0.2, -0.15) is 4.79 Å². The van der Waals surface area contributed by atoms with E-state index in [1.165, 1.54) is 12.1 Å². The van der Waals surface area contributed by atoms with Crippen molar-refractivity contribution in [3.05, 3.63) is 81.4 Å². The number of benzene rings is 2. The normalized spacial score (nSPS) is 9.56. The first-order valence-corrected chi connectivity index (χ1v) is 5.24. The Labute approximate surface area is 103 Å². The van der Waals surface area contributed by atoms with Crippen molar-refractivity contribution in [2.75, 3.05) is 0 Å². The fourth-order valence-electron chi connectivity index (χ4n) is 1.62. The highest BCUT2D eigenvalue weighted by Crippen LogP contribution is 2.14. The van der Waals surface area contributed by atoms with Crippen molar-refractivity contribution < 1.29 is 9.71 Å². The lowest BCUT2D eigenvalue weighted by Gasteiger charge is -1.97. The Balaban J connectivity index is 2.41. The highest BCUT2D eigenvalue weighted by Gasteiger charge is 2.16. The van der Waals surface area contributed by atoms with Crippen molar-refractivity contribution >= 4 is 11.4 Å². The lowest BCUT2D eigenvalue weighted by Crippen LogP contribution is -2.04. The molecule has 0 unspecified atom stereocenters. The van der Waals surface area contributed by atoms with Crippen LogP contribution in [0.2, 0.25) is 0 Å². The molecule has 88 valence electrons. The number of hydrogen-bond acceptors (Lipinski definition) is 2. The van der Waals surface area contributed by atoms with Crippen LogP contribution in [0.25, 0.3) is 5.53 Å². The van der Waals surface area contributed by atoms with Gasteiger partial charge in [0.2, 0.25) is 0 Å². The zero-order chi connectivity index (χ0) is 13.0. The Morgan fingerprint density at radius 3 is 2.06 bits per heavy atom. The molecule has 0 aromatic heterocycles. The predicted octanol–water partition coefficient (Wildman–Crippen LogP) is 2.66. The highest BCUT2D eigenvalue weighted by atomic mass is 16.6. The quantitative estimate of drug-likeness (QED) is 0.271. The van der Waals surface area contributed by atoms with Crippen molar-refractivity contribution in [1.82, 2.24) is 0 Å². The van der Waals surface area contributed by atoms with Crippen molar-refractivity contribution in [1.29, 1.82) is 0 Å². The summed E-state index contributed by atoms with van der Waals surface area (Å²) in [5.74, 6) is 0. The molecule has 0 saturated carbocycles. The predicted molar refractivity (Wildman–Crippen MR) is 66.4 cm³/mol. The van der Waals surface area contributed by atoms with Gasteiger partial charge < -0.3 is 5.53 Å². The van der Waals surface area contributed by atoms with Gasteiger partial charge in [0.1, 0.15) is 0 Å². The van der Waals surface area contributed by atoms with Gasteiger partial charge >= 0.3 is 5.71 Å². The summed E-state index contributed by atoms with van der Waals surface area (Å²) in [5.41, 5.74) is 10.8. The molecule has 0 aliphatic heterocycles. The van der Waals surface area contributed by atoms with E-state index in [0.29, 0.717) is 11.3 Å². The summed E-state index contributed by atoms with van der Waals surface area (Å²) in [7, 11) is 0. The van der Waals surface area contributed by atoms with E-state index in [1.54, 1.807) is 24.3 Å². The maximum Gasteiger partial charge on any atom is 0.329 e. The summed E-state index contributed by atoms with van der Waals surface area (Å²) in [6.45, 7) is 0. The van der Waals surface area contributed by atoms with Crippen LogP contribution in [0, 0.1) is 10.1 Å². The molecule has 0 aliphatic carbocycles. The number of nitro benzene ring substituents is 1. The van der Waals surface area contributed by atoms with Crippen molar-refractivity contribution in [3.8, 4) is 0 Å². The van der Waals surface area contributed by atoms with Crippen LogP contribution in [0.3, 0.4) is 0 Å². The van der Waals surface area contributed by atoms with E-state index < -0.39 is 4.92 Å². The van der Waals surface area contributed by atoms with E-state index in [0.717, 1.165) is 5.56 Å². The molecule has 0 radical (unpaired) electrons. The second-order valence-corrected chi connectivity index (χ2v) is 3.62. The summed E-state index contributed by atoms with van der Waals surface area (Å²) in [4.78, 5) is 13.3. The first-order valence-electron chi connectivity index (χ1n) is 5.24. The van der Waals surface area contributed by atoms with Crippen LogP contribution in [0.5, 0.6) is 0 Å². The van der Waals surface area contributed by atoms with Gasteiger partial charge in [-0.25, -0.2) is 0 Å². The van der Waals surface area contributed by atoms with Crippen LogP contribution in [-0.4, -0.2) is 15.4 Å². The SMILES string of the molecule is [N-]=[N+]=C(c1ccccc1)c1ccc([N+](=O)[O-])cc1. The first kappa shape index (κ1) is 11.7. The summed E-state index contributed by atoms with van der Waals surface area (Å²) >= 11 is 0. The van der Waals surface area contributed by atoms with Gasteiger partial charge in [0.15, 0.2) is 0 Å². The lowest BCUT2D eigenvalue weighted by molar-refractivity contribution is -0.384. The van der Waals surface area contributed by atoms with Crippen LogP contribution in [-0.2, 0) is 0 Å². The Bertz CT molecular complexity index is 614. The molecule has 0 N–H and O–H groups in total. The molecule has 18 heavy (non-hydrogen) atoms. The Kier molecular flexibility index (Phi) is 3.27. The molecule has 0 amide bonds. The average Bonchev–Trinajstić information content (AvgIpc) is 2.41. The van der Waals surface area contributed by atoms with Crippen molar-refractivity contribution in [3.63, 3.8) is 0 Å². The Morgan fingerprint density at radius 2 is 1.56 bits per heavy atom. The average molecular weight is 239 g/mol. The topological polar surface area (TPSA) is 79.5 Å². The molecule has 2 aromatic carbocycles. The highest BCUT2D eigenvalue weighted by molar-refractivity contribution is 6.09. The van der Waals surface area contributed by atoms with E-state index in [2.05, 4.69) is 4.79 Å². The minimum Gasteiger partial charge on any atom is -0.361 e. The maximum atomic E-state index is 10.5. The Hall–Kier alpha value is -2.78. The van der Waals surface area contributed by atoms with Crippen LogP contribution >= 0.6 is 0 Å². The van der Waals surface area contributed by atoms with E-state index in [4.69, 9.17) is 5.53 Å². The second-order valence-electron chi connectivity index (χ2n) is 3.62. The van der Waals surface area contributed by atoms with Gasteiger partial charge in [0, 0.05) is 12.1 Å². The number of nitrogens with zero attached hydrogens (tertiary/aromatic N) is 3. The molecule has 0 atom stereocenters. The third-order valence-corrected chi connectivity index (χ3v) is 2.50. The fourth-order valence-corrected chi connectivity index (χ4v) is 1.62. The van der Waals surface area contributed by atoms with Crippen LogP contribution < -0.4 is 0 Å². The number of nitro groups is 1. The molecule has 2 aromatic rings. The minimum atomic E-state index is -0.470.